The van der Waals surface area contributed by atoms with Crippen molar-refractivity contribution < 1.29 is 14.7 Å². The summed E-state index contributed by atoms with van der Waals surface area (Å²) < 4.78 is 0. The molecular formula is C18H27BClN3O3. The van der Waals surface area contributed by atoms with Crippen molar-refractivity contribution in [2.75, 3.05) is 18.4 Å². The number of amides is 2. The van der Waals surface area contributed by atoms with Crippen molar-refractivity contribution in [2.24, 2.45) is 11.7 Å². The number of hydrogen-bond acceptors (Lipinski definition) is 3. The van der Waals surface area contributed by atoms with Gasteiger partial charge in [-0.05, 0) is 49.4 Å². The summed E-state index contributed by atoms with van der Waals surface area (Å²) in [6.45, 7) is 1.01. The van der Waals surface area contributed by atoms with E-state index in [1.807, 2.05) is 0 Å². The summed E-state index contributed by atoms with van der Waals surface area (Å²) in [4.78, 5) is 25.9. The minimum atomic E-state index is -1.20. The lowest BCUT2D eigenvalue weighted by atomic mass is 9.75. The number of benzene rings is 1. The van der Waals surface area contributed by atoms with Crippen LogP contribution in [-0.2, 0) is 4.79 Å². The number of nitrogens with zero attached hydrogens (tertiary/aromatic N) is 1. The molecule has 1 atom stereocenters. The van der Waals surface area contributed by atoms with Crippen LogP contribution in [0.3, 0.4) is 0 Å². The van der Waals surface area contributed by atoms with Gasteiger partial charge in [0.05, 0.1) is 0 Å². The fourth-order valence-electron chi connectivity index (χ4n) is 3.49. The van der Waals surface area contributed by atoms with Crippen molar-refractivity contribution in [3.63, 3.8) is 0 Å². The highest BCUT2D eigenvalue weighted by Crippen LogP contribution is 2.31. The number of hydrogen-bond donors (Lipinski definition) is 3. The first-order valence-electron chi connectivity index (χ1n) is 9.20. The third-order valence-electron chi connectivity index (χ3n) is 5.20. The van der Waals surface area contributed by atoms with Crippen molar-refractivity contribution in [1.82, 2.24) is 4.90 Å². The predicted molar refractivity (Wildman–Crippen MR) is 107 cm³/mol. The monoisotopic (exact) mass is 379 g/mol. The molecule has 0 bridgehead atoms. The lowest BCUT2D eigenvalue weighted by Gasteiger charge is -2.40. The van der Waals surface area contributed by atoms with Crippen LogP contribution in [0.2, 0.25) is 11.3 Å². The Balaban J connectivity index is 1.91. The third-order valence-corrected chi connectivity index (χ3v) is 5.45. The van der Waals surface area contributed by atoms with Crippen molar-refractivity contribution in [3.05, 3.63) is 29.3 Å². The average molecular weight is 380 g/mol. The molecule has 1 aliphatic rings. The Labute approximate surface area is 160 Å². The van der Waals surface area contributed by atoms with Gasteiger partial charge in [-0.3, -0.25) is 4.79 Å². The summed E-state index contributed by atoms with van der Waals surface area (Å²) in [6, 6.07) is 6.74. The molecule has 1 saturated heterocycles. The Kier molecular flexibility index (Phi) is 7.35. The lowest BCUT2D eigenvalue weighted by molar-refractivity contribution is -0.146. The van der Waals surface area contributed by atoms with Crippen molar-refractivity contribution in [3.8, 4) is 0 Å². The van der Waals surface area contributed by atoms with Gasteiger partial charge in [-0.2, -0.15) is 0 Å². The number of unbranched alkanes of at least 4 members (excludes halogenated alkanes) is 1. The molecule has 1 aromatic carbocycles. The van der Waals surface area contributed by atoms with Gasteiger partial charge in [-0.15, -0.1) is 0 Å². The quantitative estimate of drug-likeness (QED) is 0.501. The number of anilines is 1. The first-order valence-corrected chi connectivity index (χ1v) is 9.58. The number of likely N-dealkylation sites (tertiary alicyclic amines) is 1. The number of urea groups is 1. The molecule has 4 N–H and O–H groups in total. The van der Waals surface area contributed by atoms with Crippen LogP contribution in [-0.4, -0.2) is 48.5 Å². The van der Waals surface area contributed by atoms with Crippen LogP contribution in [0.15, 0.2) is 24.3 Å². The van der Waals surface area contributed by atoms with Gasteiger partial charge in [0.2, 0.25) is 0 Å². The van der Waals surface area contributed by atoms with Crippen LogP contribution in [0.5, 0.6) is 0 Å². The zero-order valence-electron chi connectivity index (χ0n) is 15.2. The van der Waals surface area contributed by atoms with Gasteiger partial charge in [0.25, 0.3) is 0 Å². The average Bonchev–Trinajstić information content (AvgIpc) is 2.63. The smallest absolute Gasteiger partial charge is 0.323 e. The van der Waals surface area contributed by atoms with Gasteiger partial charge in [0.1, 0.15) is 13.4 Å². The van der Waals surface area contributed by atoms with Crippen LogP contribution in [0, 0.1) is 5.92 Å². The molecule has 8 heteroatoms. The second-order valence-corrected chi connectivity index (χ2v) is 7.44. The minimum Gasteiger partial charge on any atom is -0.480 e. The minimum absolute atomic E-state index is 0.114. The topological polar surface area (TPSA) is 95.7 Å². The molecule has 0 aromatic heterocycles. The Morgan fingerprint density at radius 2 is 1.88 bits per heavy atom. The number of carboxylic acid groups (broad SMARTS) is 1. The largest absolute Gasteiger partial charge is 0.480 e. The highest BCUT2D eigenvalue weighted by molar-refractivity contribution is 6.30. The Bertz CT molecular complexity index is 621. The van der Waals surface area contributed by atoms with E-state index in [0.717, 1.165) is 19.2 Å². The predicted octanol–water partition coefficient (Wildman–Crippen LogP) is 2.59. The van der Waals surface area contributed by atoms with Gasteiger partial charge >= 0.3 is 12.0 Å². The first kappa shape index (κ1) is 20.6. The van der Waals surface area contributed by atoms with Crippen molar-refractivity contribution in [1.29, 1.82) is 0 Å². The van der Waals surface area contributed by atoms with E-state index in [9.17, 15) is 14.7 Å². The first-order chi connectivity index (χ1) is 12.4. The van der Waals surface area contributed by atoms with Gasteiger partial charge in [-0.25, -0.2) is 4.79 Å². The van der Waals surface area contributed by atoms with Crippen molar-refractivity contribution in [2.45, 2.75) is 44.0 Å². The highest BCUT2D eigenvalue weighted by atomic mass is 35.5. The molecule has 1 aromatic rings. The van der Waals surface area contributed by atoms with E-state index in [1.54, 1.807) is 29.2 Å². The number of nitrogens with two attached hydrogens (primary N) is 1. The molecule has 1 aliphatic heterocycles. The zero-order chi connectivity index (χ0) is 19.2. The number of aliphatic carboxylic acids is 1. The summed E-state index contributed by atoms with van der Waals surface area (Å²) in [5, 5.41) is 13.1. The van der Waals surface area contributed by atoms with Gasteiger partial charge < -0.3 is 21.1 Å². The maximum atomic E-state index is 12.4. The number of nitrogens with one attached hydrogen (secondary N) is 1. The van der Waals surface area contributed by atoms with Crippen molar-refractivity contribution >= 4 is 37.1 Å². The lowest BCUT2D eigenvalue weighted by Crippen LogP contribution is -2.57. The summed E-state index contributed by atoms with van der Waals surface area (Å²) in [7, 11) is 2.08. The molecule has 0 radical (unpaired) electrons. The van der Waals surface area contributed by atoms with E-state index < -0.39 is 11.5 Å². The fraction of sp³-hybridized carbons (Fsp3) is 0.556. The second-order valence-electron chi connectivity index (χ2n) is 7.00. The molecule has 2 rings (SSSR count). The molecule has 2 amide bonds. The number of carbonyl (C=O) groups excluding carboxylic acids is 1. The van der Waals surface area contributed by atoms with Gasteiger partial charge in [0, 0.05) is 23.8 Å². The Morgan fingerprint density at radius 1 is 1.27 bits per heavy atom. The Hall–Kier alpha value is -1.73. The van der Waals surface area contributed by atoms with E-state index in [2.05, 4.69) is 13.2 Å². The molecule has 0 aliphatic carbocycles. The molecule has 0 spiro atoms. The summed E-state index contributed by atoms with van der Waals surface area (Å²) in [6.07, 6.45) is 4.51. The molecule has 0 saturated carbocycles. The summed E-state index contributed by atoms with van der Waals surface area (Å²) in [5.41, 5.74) is 5.76. The van der Waals surface area contributed by atoms with Crippen LogP contribution < -0.4 is 11.1 Å². The molecule has 26 heavy (non-hydrogen) atoms. The van der Waals surface area contributed by atoms with Crippen LogP contribution in [0.25, 0.3) is 0 Å². The number of carboxylic acids is 1. The molecule has 1 fully saturated rings. The zero-order valence-corrected chi connectivity index (χ0v) is 16.0. The van der Waals surface area contributed by atoms with Crippen LogP contribution >= 0.6 is 11.6 Å². The third kappa shape index (κ3) is 5.14. The fourth-order valence-corrected chi connectivity index (χ4v) is 3.61. The standard InChI is InChI=1S/C18H27BClN3O3/c19-10-2-1-9-18(21,16(24)25)13-7-11-23(12-8-13)17(26)22-15-5-3-14(20)4-6-15/h3-6,13H,1-2,7-12,19,21H2,(H,22,26)(H,24,25). The molecule has 1 heterocycles. The SMILES string of the molecule is BCCCCC(N)(C(=O)O)C1CCN(C(=O)Nc2ccc(Cl)cc2)CC1. The molecular weight excluding hydrogens is 352 g/mol. The highest BCUT2D eigenvalue weighted by Gasteiger charge is 2.43. The maximum Gasteiger partial charge on any atom is 0.323 e. The van der Waals surface area contributed by atoms with E-state index in [0.29, 0.717) is 43.1 Å². The summed E-state index contributed by atoms with van der Waals surface area (Å²) >= 11 is 5.84. The molecule has 1 unspecified atom stereocenters. The Morgan fingerprint density at radius 3 is 2.42 bits per heavy atom. The van der Waals surface area contributed by atoms with E-state index >= 15 is 0 Å². The number of halogens is 1. The van der Waals surface area contributed by atoms with Gasteiger partial charge in [-0.1, -0.05) is 30.8 Å². The van der Waals surface area contributed by atoms with E-state index in [1.165, 1.54) is 0 Å². The molecule has 6 nitrogen and oxygen atoms in total. The number of carbonyl (C=O) groups is 2. The van der Waals surface area contributed by atoms with Gasteiger partial charge in [0.15, 0.2) is 0 Å². The second kappa shape index (κ2) is 9.28. The normalized spacial score (nSPS) is 17.5. The molecule has 142 valence electrons. The summed E-state index contributed by atoms with van der Waals surface area (Å²) in [5.74, 6) is -1.05. The number of piperidine rings is 1. The van der Waals surface area contributed by atoms with E-state index in [-0.39, 0.29) is 11.9 Å². The maximum absolute atomic E-state index is 12.4. The number of rotatable bonds is 7. The van der Waals surface area contributed by atoms with Crippen LogP contribution in [0.1, 0.15) is 32.1 Å². The van der Waals surface area contributed by atoms with E-state index in [4.69, 9.17) is 17.3 Å². The van der Waals surface area contributed by atoms with Crippen LogP contribution in [0.4, 0.5) is 10.5 Å².